The molecule has 1 aliphatic heterocycles. The second-order valence-corrected chi connectivity index (χ2v) is 29.2. The molecule has 0 amide bonds. The topological polar surface area (TPSA) is 197 Å². The van der Waals surface area contributed by atoms with E-state index in [1.165, 1.54) is 46.7 Å². The van der Waals surface area contributed by atoms with Gasteiger partial charge in [0.25, 0.3) is 5.70 Å². The Morgan fingerprint density at radius 3 is 1.42 bits per heavy atom. The van der Waals surface area contributed by atoms with E-state index in [4.69, 9.17) is 43.8 Å². The van der Waals surface area contributed by atoms with Crippen molar-refractivity contribution in [2.75, 3.05) is 0 Å². The third kappa shape index (κ3) is 7.61. The molecule has 0 N–H and O–H groups in total. The van der Waals surface area contributed by atoms with E-state index in [0.717, 1.165) is 126 Å². The molecule has 14 nitrogen and oxygen atoms in total. The lowest BCUT2D eigenvalue weighted by molar-refractivity contribution is 0.103. The summed E-state index contributed by atoms with van der Waals surface area (Å²) in [5, 5.41) is 39.3. The van der Waals surface area contributed by atoms with Crippen LogP contribution in [-0.4, -0.2) is 20.3 Å². The molecule has 8 heterocycles. The molecule has 4 aliphatic carbocycles. The molecule has 0 radical (unpaired) electrons. The number of nitriles is 4. The Balaban J connectivity index is 0.734. The Hall–Kier alpha value is -10.3. The summed E-state index contributed by atoms with van der Waals surface area (Å²) in [4.78, 5) is 54.3. The molecule has 0 saturated heterocycles. The molecule has 10 aromatic rings. The molecule has 22 heteroatoms. The third-order valence-corrected chi connectivity index (χ3v) is 24.9. The standard InChI is InChI=1S/C66H26N12O2S8/c1-65(2)38-18-30(16-36-50(43(26-70)72-6)32-13-27(23-67)28(24-68)14-34(32)58(36)79)81-60(38)62-40(65)21-48(85-62)44-9-11-46(83-44)52-54-56(77-87-75-54)53(57-55(52)76-88-78-57)47-12-10-45(84-47)49-22-41-63(86-49)61-39(66(41,3)4)19-31(82-61)17-37-51(64(73-7)74-8)33-20-42(71-5)29(25-69)15-35(33)59(37)80/h9-22H,1-4H3/b36-16-,37-17-,50-43-. The van der Waals surface area contributed by atoms with Crippen molar-refractivity contribution in [3.05, 3.63) is 212 Å². The van der Waals surface area contributed by atoms with Gasteiger partial charge in [-0.05, 0) is 118 Å². The van der Waals surface area contributed by atoms with Crippen LogP contribution in [0.2, 0.25) is 0 Å². The summed E-state index contributed by atoms with van der Waals surface area (Å²) in [7, 11) is 0. The van der Waals surface area contributed by atoms with Crippen LogP contribution < -0.4 is 0 Å². The minimum Gasteiger partial charge on any atom is -0.289 e. The second kappa shape index (κ2) is 19.6. The van der Waals surface area contributed by atoms with Gasteiger partial charge in [0.15, 0.2) is 11.6 Å². The number of nitrogens with zero attached hydrogens (tertiary/aromatic N) is 12. The Kier molecular flexibility index (Phi) is 12.1. The summed E-state index contributed by atoms with van der Waals surface area (Å²) in [6.07, 6.45) is 3.46. The molecule has 410 valence electrons. The van der Waals surface area contributed by atoms with Crippen LogP contribution in [0.15, 0.2) is 104 Å². The molecule has 7 aromatic heterocycles. The van der Waals surface area contributed by atoms with Gasteiger partial charge < -0.3 is 0 Å². The van der Waals surface area contributed by atoms with Gasteiger partial charge in [0, 0.05) is 108 Å². The zero-order valence-corrected chi connectivity index (χ0v) is 52.1. The number of ketones is 2. The van der Waals surface area contributed by atoms with Gasteiger partial charge in [-0.15, -0.1) is 68.0 Å². The average Bonchev–Trinajstić information content (AvgIpc) is 2.06. The van der Waals surface area contributed by atoms with Crippen LogP contribution in [0.25, 0.3) is 114 Å². The van der Waals surface area contributed by atoms with Crippen LogP contribution in [0.1, 0.15) is 108 Å². The molecule has 0 unspecified atom stereocenters. The zero-order valence-electron chi connectivity index (χ0n) is 45.5. The Bertz CT molecular complexity index is 5290. The average molecular weight is 1280 g/mol. The first kappa shape index (κ1) is 54.4. The minimum atomic E-state index is -0.417. The van der Waals surface area contributed by atoms with Crippen LogP contribution in [0, 0.1) is 71.6 Å². The molecule has 15 rings (SSSR count). The fourth-order valence-electron chi connectivity index (χ4n) is 12.2. The van der Waals surface area contributed by atoms with Crippen molar-refractivity contribution in [3.8, 4) is 84.2 Å². The number of carbonyl (C=O) groups is 2. The van der Waals surface area contributed by atoms with E-state index in [9.17, 15) is 30.6 Å². The largest absolute Gasteiger partial charge is 0.527 e. The van der Waals surface area contributed by atoms with Crippen molar-refractivity contribution in [1.29, 1.82) is 21.0 Å². The van der Waals surface area contributed by atoms with Gasteiger partial charge in [0.2, 0.25) is 5.69 Å². The van der Waals surface area contributed by atoms with Gasteiger partial charge in [-0.1, -0.05) is 27.7 Å². The number of thiophene rings is 6. The van der Waals surface area contributed by atoms with Gasteiger partial charge in [-0.2, -0.15) is 42.9 Å². The van der Waals surface area contributed by atoms with Gasteiger partial charge >= 0.3 is 5.82 Å². The van der Waals surface area contributed by atoms with E-state index < -0.39 is 17.0 Å². The molecule has 5 aliphatic rings. The van der Waals surface area contributed by atoms with E-state index in [0.29, 0.717) is 11.1 Å². The molecule has 0 bridgehead atoms. The Morgan fingerprint density at radius 1 is 0.511 bits per heavy atom. The summed E-state index contributed by atoms with van der Waals surface area (Å²) in [5.41, 5.74) is 10.2. The number of fused-ring (bicyclic) bond motifs is 10. The van der Waals surface area contributed by atoms with Crippen molar-refractivity contribution < 1.29 is 9.59 Å². The summed E-state index contributed by atoms with van der Waals surface area (Å²) < 4.78 is 19.7. The number of Topliss-reactive ketones (excluding diaryl/α,β-unsaturated/α-hetero) is 2. The van der Waals surface area contributed by atoms with Crippen LogP contribution in [0.5, 0.6) is 0 Å². The number of hydrogen-bond acceptors (Lipinski definition) is 17. The lowest BCUT2D eigenvalue weighted by atomic mass is 9.83. The van der Waals surface area contributed by atoms with E-state index in [1.807, 2.05) is 24.3 Å². The summed E-state index contributed by atoms with van der Waals surface area (Å²) in [6.45, 7) is 39.8. The van der Waals surface area contributed by atoms with E-state index >= 15 is 0 Å². The second-order valence-electron chi connectivity index (χ2n) is 21.7. The maximum Gasteiger partial charge on any atom is 0.527 e. The van der Waals surface area contributed by atoms with Crippen LogP contribution in [0.4, 0.5) is 17.1 Å². The number of allylic oxidation sites excluding steroid dienone is 5. The smallest absolute Gasteiger partial charge is 0.289 e. The number of benzene rings is 3. The molecule has 88 heavy (non-hydrogen) atoms. The first-order valence-electron chi connectivity index (χ1n) is 26.3. The van der Waals surface area contributed by atoms with Crippen LogP contribution in [-0.2, 0) is 22.2 Å². The molecule has 0 atom stereocenters. The summed E-state index contributed by atoms with van der Waals surface area (Å²) >= 11 is 12.1. The fourth-order valence-corrected chi connectivity index (χ4v) is 21.1. The minimum absolute atomic E-state index is 0.0473. The van der Waals surface area contributed by atoms with Crippen molar-refractivity contribution in [2.45, 2.75) is 38.5 Å². The highest BCUT2D eigenvalue weighted by atomic mass is 32.1. The molecule has 0 saturated carbocycles. The van der Waals surface area contributed by atoms with E-state index in [2.05, 4.69) is 95.6 Å². The predicted molar refractivity (Wildman–Crippen MR) is 350 cm³/mol. The van der Waals surface area contributed by atoms with Crippen molar-refractivity contribution in [2.24, 2.45) is 8.73 Å². The number of carbonyl (C=O) groups excluding carboxylic acids is 2. The van der Waals surface area contributed by atoms with Crippen LogP contribution >= 0.6 is 79.7 Å². The quantitative estimate of drug-likeness (QED) is 0.0890. The molecular weight excluding hydrogens is 1250 g/mol. The number of aromatic nitrogens is 2. The third-order valence-electron chi connectivity index (χ3n) is 16.5. The first-order chi connectivity index (χ1) is 42.6. The summed E-state index contributed by atoms with van der Waals surface area (Å²) in [5.74, 6) is -1.10. The number of hydrogen-bond donors (Lipinski definition) is 0. The predicted octanol–water partition coefficient (Wildman–Crippen LogP) is 19.5. The van der Waals surface area contributed by atoms with Crippen LogP contribution in [0.3, 0.4) is 0 Å². The SMILES string of the molecule is [C-]#[N+]C([N+]#[C-])=C1/C(=C/c2cc3c(s2)-c2sc(-c4ccc(-c5c6c(c(-c7ccc(-c8cc9c(s8)-c8sc(/C=C%10\C(=O)c%11cc(C#N)c(C#N)cc%11\C%10=C(/C#N)[N+]#[C-])cc8C9(C)C)s7)c7nsnc57)N=S=N6)s4)cc2C3(C)C)C(=O)c2cc(C#N)c([N+]#[C-])cc21. The van der Waals surface area contributed by atoms with Gasteiger partial charge in [-0.3, -0.25) is 9.59 Å². The molecule has 0 fully saturated rings. The zero-order chi connectivity index (χ0) is 61.0. The van der Waals surface area contributed by atoms with Crippen molar-refractivity contribution >= 4 is 154 Å². The first-order valence-corrected chi connectivity index (χ1v) is 32.6. The van der Waals surface area contributed by atoms with Gasteiger partial charge in [-0.25, -0.2) is 15.0 Å². The highest BCUT2D eigenvalue weighted by Gasteiger charge is 2.43. The molecular formula is C66H26N12O2S8. The molecule has 0 spiro atoms. The highest BCUT2D eigenvalue weighted by molar-refractivity contribution is 7.58. The maximum absolute atomic E-state index is 14.1. The Labute approximate surface area is 532 Å². The Morgan fingerprint density at radius 2 is 0.955 bits per heavy atom. The van der Waals surface area contributed by atoms with Crippen molar-refractivity contribution in [3.63, 3.8) is 0 Å². The van der Waals surface area contributed by atoms with E-state index in [1.54, 1.807) is 68.8 Å². The molecule has 3 aromatic carbocycles. The summed E-state index contributed by atoms with van der Waals surface area (Å²) in [6, 6.07) is 30.8. The van der Waals surface area contributed by atoms with E-state index in [-0.39, 0.29) is 72.7 Å². The normalized spacial score (nSPS) is 16.1. The monoisotopic (exact) mass is 1270 g/mol. The highest BCUT2D eigenvalue weighted by Crippen LogP contribution is 2.62. The van der Waals surface area contributed by atoms with Gasteiger partial charge in [0.1, 0.15) is 47.7 Å². The fraction of sp³-hybridized carbons (Fsp3) is 0.0909. The lowest BCUT2D eigenvalue weighted by Gasteiger charge is -2.19. The maximum atomic E-state index is 14.1. The lowest BCUT2D eigenvalue weighted by Crippen LogP contribution is -2.13. The van der Waals surface area contributed by atoms with Crippen molar-refractivity contribution in [1.82, 2.24) is 8.75 Å². The van der Waals surface area contributed by atoms with Gasteiger partial charge in [0.05, 0.1) is 70.6 Å². The number of rotatable bonds is 6.